The second kappa shape index (κ2) is 10.7. The summed E-state index contributed by atoms with van der Waals surface area (Å²) < 4.78 is 7.08. The highest BCUT2D eigenvalue weighted by atomic mass is 32.1. The van der Waals surface area contributed by atoms with Crippen LogP contribution in [0.3, 0.4) is 0 Å². The van der Waals surface area contributed by atoms with Crippen molar-refractivity contribution in [1.29, 1.82) is 0 Å². The fourth-order valence-electron chi connectivity index (χ4n) is 4.91. The molecular weight excluding hydrogens is 460 g/mol. The first-order chi connectivity index (χ1) is 17.0. The number of aromatic nitrogens is 1. The molecule has 0 saturated carbocycles. The van der Waals surface area contributed by atoms with E-state index < -0.39 is 0 Å². The highest BCUT2D eigenvalue weighted by molar-refractivity contribution is 7.20. The van der Waals surface area contributed by atoms with Crippen LogP contribution in [0, 0.1) is 5.92 Å². The molecule has 2 aliphatic rings. The van der Waals surface area contributed by atoms with E-state index in [1.54, 1.807) is 18.3 Å². The minimum Gasteiger partial charge on any atom is -0.431 e. The van der Waals surface area contributed by atoms with Gasteiger partial charge in [-0.25, -0.2) is 4.98 Å². The number of para-hydroxylation sites is 1. The molecule has 0 unspecified atom stereocenters. The van der Waals surface area contributed by atoms with E-state index in [-0.39, 0.29) is 17.7 Å². The number of amides is 2. The number of carbonyl (C=O) groups is 2. The normalized spacial score (nSPS) is 17.6. The molecule has 8 heteroatoms. The number of carbonyl (C=O) groups excluding carboxylic acids is 2. The molecule has 0 aliphatic carbocycles. The third-order valence-electron chi connectivity index (χ3n) is 7.09. The number of fused-ring (bicyclic) bond motifs is 1. The fourth-order valence-corrected chi connectivity index (χ4v) is 5.75. The molecule has 0 N–H and O–H groups in total. The van der Waals surface area contributed by atoms with Crippen LogP contribution >= 0.6 is 11.3 Å². The van der Waals surface area contributed by atoms with Gasteiger partial charge in [0.15, 0.2) is 0 Å². The molecule has 0 spiro atoms. The monoisotopic (exact) mass is 492 g/mol. The fraction of sp³-hybridized carbons (Fsp3) is 0.444. The molecule has 2 aliphatic heterocycles. The minimum absolute atomic E-state index is 0.0979. The lowest BCUT2D eigenvalue weighted by Gasteiger charge is -2.38. The van der Waals surface area contributed by atoms with E-state index in [9.17, 15) is 9.59 Å². The van der Waals surface area contributed by atoms with Crippen molar-refractivity contribution < 1.29 is 14.3 Å². The van der Waals surface area contributed by atoms with Gasteiger partial charge in [0, 0.05) is 45.6 Å². The van der Waals surface area contributed by atoms with Crippen molar-refractivity contribution in [3.63, 3.8) is 0 Å². The van der Waals surface area contributed by atoms with E-state index in [0.717, 1.165) is 54.9 Å². The zero-order valence-electron chi connectivity index (χ0n) is 20.2. The van der Waals surface area contributed by atoms with Crippen molar-refractivity contribution in [2.75, 3.05) is 45.8 Å². The van der Waals surface area contributed by atoms with Gasteiger partial charge in [0.1, 0.15) is 5.75 Å². The summed E-state index contributed by atoms with van der Waals surface area (Å²) in [5.41, 5.74) is 2.24. The molecule has 0 atom stereocenters. The van der Waals surface area contributed by atoms with Gasteiger partial charge in [-0.05, 0) is 62.2 Å². The maximum absolute atomic E-state index is 12.9. The topological polar surface area (TPSA) is 66.0 Å². The predicted octanol–water partition coefficient (Wildman–Crippen LogP) is 4.03. The number of benzene rings is 2. The summed E-state index contributed by atoms with van der Waals surface area (Å²) in [4.78, 5) is 35.2. The van der Waals surface area contributed by atoms with Gasteiger partial charge in [-0.15, -0.1) is 0 Å². The molecule has 3 aromatic rings. The molecule has 2 saturated heterocycles. The highest BCUT2D eigenvalue weighted by Crippen LogP contribution is 2.31. The molecule has 0 bridgehead atoms. The third kappa shape index (κ3) is 5.82. The summed E-state index contributed by atoms with van der Waals surface area (Å²) >= 11 is 1.56. The lowest BCUT2D eigenvalue weighted by molar-refractivity contribution is -0.142. The SMILES string of the molecule is CC(=O)N1CCN(C(=O)C2CCN(CCc3ccc(Oc4nc5ccccc5s4)cc3)CC2)CC1. The molecular formula is C27H32N4O3S. The van der Waals surface area contributed by atoms with Crippen LogP contribution in [-0.2, 0) is 16.0 Å². The number of nitrogens with zero attached hydrogens (tertiary/aromatic N) is 4. The van der Waals surface area contributed by atoms with Gasteiger partial charge in [-0.3, -0.25) is 9.59 Å². The van der Waals surface area contributed by atoms with E-state index in [1.807, 2.05) is 40.1 Å². The Bertz CT molecular complexity index is 1130. The first-order valence-corrected chi connectivity index (χ1v) is 13.3. The average Bonchev–Trinajstić information content (AvgIpc) is 3.30. The van der Waals surface area contributed by atoms with Crippen LogP contribution < -0.4 is 4.74 Å². The number of rotatable bonds is 6. The molecule has 2 amide bonds. The lowest BCUT2D eigenvalue weighted by atomic mass is 9.94. The highest BCUT2D eigenvalue weighted by Gasteiger charge is 2.30. The standard InChI is InChI=1S/C27H32N4O3S/c1-20(32)30-16-18-31(19-17-30)26(33)22-11-14-29(15-12-22)13-10-21-6-8-23(9-7-21)34-27-28-24-4-2-3-5-25(24)35-27/h2-9,22H,10-19H2,1H3. The number of piperazine rings is 1. The number of hydrogen-bond donors (Lipinski definition) is 0. The maximum Gasteiger partial charge on any atom is 0.279 e. The van der Waals surface area contributed by atoms with Crippen molar-refractivity contribution in [1.82, 2.24) is 19.7 Å². The summed E-state index contributed by atoms with van der Waals surface area (Å²) in [7, 11) is 0. The molecule has 2 fully saturated rings. The third-order valence-corrected chi connectivity index (χ3v) is 8.01. The number of likely N-dealkylation sites (tertiary alicyclic amines) is 1. The molecule has 184 valence electrons. The molecule has 3 heterocycles. The molecule has 1 aromatic heterocycles. The van der Waals surface area contributed by atoms with E-state index in [0.29, 0.717) is 31.4 Å². The lowest BCUT2D eigenvalue weighted by Crippen LogP contribution is -2.52. The summed E-state index contributed by atoms with van der Waals surface area (Å²) in [5.74, 6) is 1.29. The predicted molar refractivity (Wildman–Crippen MR) is 138 cm³/mol. The largest absolute Gasteiger partial charge is 0.431 e. The van der Waals surface area contributed by atoms with E-state index in [4.69, 9.17) is 4.74 Å². The van der Waals surface area contributed by atoms with Gasteiger partial charge in [0.25, 0.3) is 5.19 Å². The Balaban J connectivity index is 1.05. The summed E-state index contributed by atoms with van der Waals surface area (Å²) in [6, 6.07) is 16.3. The Morgan fingerprint density at radius 3 is 2.31 bits per heavy atom. The zero-order valence-corrected chi connectivity index (χ0v) is 21.0. The van der Waals surface area contributed by atoms with Crippen LogP contribution in [0.15, 0.2) is 48.5 Å². The van der Waals surface area contributed by atoms with Crippen LogP contribution in [0.1, 0.15) is 25.3 Å². The Kier molecular flexibility index (Phi) is 7.29. The van der Waals surface area contributed by atoms with Crippen molar-refractivity contribution in [2.45, 2.75) is 26.2 Å². The van der Waals surface area contributed by atoms with Crippen LogP contribution in [0.5, 0.6) is 10.9 Å². The first-order valence-electron chi connectivity index (χ1n) is 12.4. The molecule has 5 rings (SSSR count). The summed E-state index contributed by atoms with van der Waals surface area (Å²) in [5, 5.41) is 0.664. The van der Waals surface area contributed by atoms with Crippen molar-refractivity contribution in [3.05, 3.63) is 54.1 Å². The molecule has 2 aromatic carbocycles. The second-order valence-corrected chi connectivity index (χ2v) is 10.4. The van der Waals surface area contributed by atoms with E-state index in [2.05, 4.69) is 28.1 Å². The van der Waals surface area contributed by atoms with Crippen molar-refractivity contribution in [3.8, 4) is 10.9 Å². The molecule has 7 nitrogen and oxygen atoms in total. The number of ether oxygens (including phenoxy) is 1. The number of hydrogen-bond acceptors (Lipinski definition) is 6. The minimum atomic E-state index is 0.0979. The van der Waals surface area contributed by atoms with Gasteiger partial charge < -0.3 is 19.4 Å². The zero-order chi connectivity index (χ0) is 24.2. The van der Waals surface area contributed by atoms with Gasteiger partial charge in [0.05, 0.1) is 10.2 Å². The van der Waals surface area contributed by atoms with Gasteiger partial charge >= 0.3 is 0 Å². The Labute approximate surface area is 210 Å². The van der Waals surface area contributed by atoms with Gasteiger partial charge in [-0.1, -0.05) is 35.6 Å². The summed E-state index contributed by atoms with van der Waals surface area (Å²) in [6.45, 7) is 7.16. The van der Waals surface area contributed by atoms with Crippen molar-refractivity contribution in [2.24, 2.45) is 5.92 Å². The number of piperidine rings is 1. The first kappa shape index (κ1) is 23.8. The smallest absolute Gasteiger partial charge is 0.279 e. The Hall–Kier alpha value is -2.97. The molecule has 0 radical (unpaired) electrons. The van der Waals surface area contributed by atoms with Crippen molar-refractivity contribution >= 4 is 33.4 Å². The molecule has 35 heavy (non-hydrogen) atoms. The van der Waals surface area contributed by atoms with Crippen LogP contribution in [0.4, 0.5) is 0 Å². The second-order valence-electron chi connectivity index (χ2n) is 9.39. The van der Waals surface area contributed by atoms with Crippen LogP contribution in [0.2, 0.25) is 0 Å². The van der Waals surface area contributed by atoms with E-state index in [1.165, 1.54) is 5.56 Å². The Morgan fingerprint density at radius 2 is 1.63 bits per heavy atom. The van der Waals surface area contributed by atoms with E-state index >= 15 is 0 Å². The quantitative estimate of drug-likeness (QED) is 0.520. The number of thiazole rings is 1. The van der Waals surface area contributed by atoms with Crippen LogP contribution in [-0.4, -0.2) is 77.3 Å². The Morgan fingerprint density at radius 1 is 0.943 bits per heavy atom. The summed E-state index contributed by atoms with van der Waals surface area (Å²) in [6.07, 6.45) is 2.81. The van der Waals surface area contributed by atoms with Crippen LogP contribution in [0.25, 0.3) is 10.2 Å². The average molecular weight is 493 g/mol. The van der Waals surface area contributed by atoms with Gasteiger partial charge in [0.2, 0.25) is 11.8 Å². The van der Waals surface area contributed by atoms with Gasteiger partial charge in [-0.2, -0.15) is 0 Å². The maximum atomic E-state index is 12.9.